The molecule has 1 aliphatic rings. The number of hydrogen-bond acceptors (Lipinski definition) is 4. The zero-order chi connectivity index (χ0) is 13.9. The lowest BCUT2D eigenvalue weighted by Gasteiger charge is -2.25. The van der Waals surface area contributed by atoms with Crippen LogP contribution in [0.2, 0.25) is 0 Å². The molecule has 4 nitrogen and oxygen atoms in total. The Morgan fingerprint density at radius 3 is 2.50 bits per heavy atom. The van der Waals surface area contributed by atoms with Crippen molar-refractivity contribution in [3.05, 3.63) is 35.2 Å². The first-order valence-corrected chi connectivity index (χ1v) is 7.62. The molecule has 0 unspecified atom stereocenters. The van der Waals surface area contributed by atoms with Crippen LogP contribution in [0.1, 0.15) is 28.9 Å². The van der Waals surface area contributed by atoms with E-state index in [1.165, 1.54) is 17.8 Å². The standard InChI is InChI=1S/C15H16N2O2S/c18-14(19)13-12(11-7-3-1-4-8-11)16-15(20-13)17-9-5-2-6-10-17/h1,3-4,7-8H,2,5-6,9-10H2,(H,18,19). The summed E-state index contributed by atoms with van der Waals surface area (Å²) in [6.07, 6.45) is 3.56. The van der Waals surface area contributed by atoms with Gasteiger partial charge in [-0.2, -0.15) is 0 Å². The summed E-state index contributed by atoms with van der Waals surface area (Å²) in [4.78, 5) is 18.6. The lowest BCUT2D eigenvalue weighted by Crippen LogP contribution is -2.29. The maximum Gasteiger partial charge on any atom is 0.348 e. The number of rotatable bonds is 3. The molecular weight excluding hydrogens is 272 g/mol. The summed E-state index contributed by atoms with van der Waals surface area (Å²) in [5.41, 5.74) is 1.45. The average Bonchev–Trinajstić information content (AvgIpc) is 2.94. The molecule has 0 aliphatic carbocycles. The van der Waals surface area contributed by atoms with Crippen molar-refractivity contribution >= 4 is 22.4 Å². The smallest absolute Gasteiger partial charge is 0.348 e. The zero-order valence-corrected chi connectivity index (χ0v) is 11.9. The lowest BCUT2D eigenvalue weighted by molar-refractivity contribution is 0.0702. The fourth-order valence-corrected chi connectivity index (χ4v) is 3.44. The van der Waals surface area contributed by atoms with E-state index in [2.05, 4.69) is 9.88 Å². The second-order valence-electron chi connectivity index (χ2n) is 4.89. The predicted molar refractivity (Wildman–Crippen MR) is 80.6 cm³/mol. The van der Waals surface area contributed by atoms with Crippen molar-refractivity contribution in [1.82, 2.24) is 4.98 Å². The molecule has 3 rings (SSSR count). The average molecular weight is 288 g/mol. The van der Waals surface area contributed by atoms with Gasteiger partial charge in [-0.15, -0.1) is 0 Å². The minimum atomic E-state index is -0.899. The van der Waals surface area contributed by atoms with E-state index in [1.807, 2.05) is 30.3 Å². The van der Waals surface area contributed by atoms with Gasteiger partial charge in [0.05, 0.1) is 5.69 Å². The Bertz CT molecular complexity index is 604. The van der Waals surface area contributed by atoms with Crippen LogP contribution in [-0.2, 0) is 0 Å². The number of anilines is 1. The van der Waals surface area contributed by atoms with Gasteiger partial charge in [-0.05, 0) is 19.3 Å². The van der Waals surface area contributed by atoms with Crippen LogP contribution in [0.4, 0.5) is 5.13 Å². The van der Waals surface area contributed by atoms with Crippen molar-refractivity contribution < 1.29 is 9.90 Å². The molecule has 0 amide bonds. The Morgan fingerprint density at radius 2 is 1.85 bits per heavy atom. The van der Waals surface area contributed by atoms with Crippen molar-refractivity contribution in [3.63, 3.8) is 0 Å². The highest BCUT2D eigenvalue weighted by Gasteiger charge is 2.22. The number of benzene rings is 1. The highest BCUT2D eigenvalue weighted by atomic mass is 32.1. The number of thiazole rings is 1. The molecule has 1 aromatic carbocycles. The number of piperidine rings is 1. The number of carboxylic acid groups (broad SMARTS) is 1. The third-order valence-electron chi connectivity index (χ3n) is 3.48. The molecule has 0 bridgehead atoms. The Balaban J connectivity index is 2.00. The third-order valence-corrected chi connectivity index (χ3v) is 4.59. The van der Waals surface area contributed by atoms with Gasteiger partial charge in [-0.1, -0.05) is 41.7 Å². The molecule has 1 N–H and O–H groups in total. The summed E-state index contributed by atoms with van der Waals surface area (Å²) in [5, 5.41) is 10.2. The van der Waals surface area contributed by atoms with Gasteiger partial charge >= 0.3 is 5.97 Å². The van der Waals surface area contributed by atoms with E-state index in [0.29, 0.717) is 10.6 Å². The number of aromatic carboxylic acids is 1. The van der Waals surface area contributed by atoms with Gasteiger partial charge in [-0.25, -0.2) is 9.78 Å². The van der Waals surface area contributed by atoms with Gasteiger partial charge in [0, 0.05) is 18.7 Å². The number of nitrogens with zero attached hydrogens (tertiary/aromatic N) is 2. The van der Waals surface area contributed by atoms with Crippen LogP contribution in [0.5, 0.6) is 0 Å². The summed E-state index contributed by atoms with van der Waals surface area (Å²) in [6.45, 7) is 1.95. The molecule has 1 aliphatic heterocycles. The third kappa shape index (κ3) is 2.54. The van der Waals surface area contributed by atoms with E-state index >= 15 is 0 Å². The normalized spacial score (nSPS) is 15.3. The van der Waals surface area contributed by atoms with Gasteiger partial charge in [0.25, 0.3) is 0 Å². The summed E-state index contributed by atoms with van der Waals surface area (Å²) < 4.78 is 0. The van der Waals surface area contributed by atoms with Crippen molar-refractivity contribution in [2.24, 2.45) is 0 Å². The first kappa shape index (κ1) is 13.1. The lowest BCUT2D eigenvalue weighted by atomic mass is 10.1. The van der Waals surface area contributed by atoms with Crippen molar-refractivity contribution in [2.45, 2.75) is 19.3 Å². The SMILES string of the molecule is O=C(O)c1sc(N2CCCCC2)nc1-c1ccccc1. The van der Waals surface area contributed by atoms with Crippen LogP contribution in [0.3, 0.4) is 0 Å². The molecule has 1 aromatic heterocycles. The van der Waals surface area contributed by atoms with Crippen LogP contribution < -0.4 is 4.90 Å². The molecule has 20 heavy (non-hydrogen) atoms. The quantitative estimate of drug-likeness (QED) is 0.939. The minimum absolute atomic E-state index is 0.330. The van der Waals surface area contributed by atoms with E-state index in [1.54, 1.807) is 0 Å². The Kier molecular flexibility index (Phi) is 3.69. The largest absolute Gasteiger partial charge is 0.477 e. The van der Waals surface area contributed by atoms with Crippen molar-refractivity contribution in [2.75, 3.05) is 18.0 Å². The zero-order valence-electron chi connectivity index (χ0n) is 11.1. The van der Waals surface area contributed by atoms with Crippen LogP contribution in [-0.4, -0.2) is 29.1 Å². The molecule has 0 atom stereocenters. The van der Waals surface area contributed by atoms with Crippen molar-refractivity contribution in [1.29, 1.82) is 0 Å². The topological polar surface area (TPSA) is 53.4 Å². The Labute approximate surface area is 121 Å². The van der Waals surface area contributed by atoms with E-state index in [4.69, 9.17) is 0 Å². The summed E-state index contributed by atoms with van der Waals surface area (Å²) in [5.74, 6) is -0.899. The van der Waals surface area contributed by atoms with E-state index in [9.17, 15) is 9.90 Å². The first-order chi connectivity index (χ1) is 9.75. The van der Waals surface area contributed by atoms with Crippen LogP contribution >= 0.6 is 11.3 Å². The Morgan fingerprint density at radius 1 is 1.15 bits per heavy atom. The monoisotopic (exact) mass is 288 g/mol. The maximum atomic E-state index is 11.4. The number of carbonyl (C=O) groups is 1. The van der Waals surface area contributed by atoms with Crippen molar-refractivity contribution in [3.8, 4) is 11.3 Å². The fraction of sp³-hybridized carbons (Fsp3) is 0.333. The number of hydrogen-bond donors (Lipinski definition) is 1. The molecule has 2 heterocycles. The summed E-state index contributed by atoms with van der Waals surface area (Å²) in [7, 11) is 0. The molecule has 2 aromatic rings. The molecule has 0 spiro atoms. The van der Waals surface area contributed by atoms with E-state index in [0.717, 1.165) is 36.6 Å². The molecule has 104 valence electrons. The number of aromatic nitrogens is 1. The highest BCUT2D eigenvalue weighted by molar-refractivity contribution is 7.17. The van der Waals surface area contributed by atoms with E-state index < -0.39 is 5.97 Å². The van der Waals surface area contributed by atoms with Gasteiger partial charge in [-0.3, -0.25) is 0 Å². The van der Waals surface area contributed by atoms with Crippen LogP contribution in [0.25, 0.3) is 11.3 Å². The number of carboxylic acids is 1. The van der Waals surface area contributed by atoms with Gasteiger partial charge < -0.3 is 10.0 Å². The first-order valence-electron chi connectivity index (χ1n) is 6.80. The predicted octanol–water partition coefficient (Wildman–Crippen LogP) is 3.50. The van der Waals surface area contributed by atoms with Gasteiger partial charge in [0.2, 0.25) is 0 Å². The Hall–Kier alpha value is -1.88. The van der Waals surface area contributed by atoms with Gasteiger partial charge in [0.1, 0.15) is 4.88 Å². The maximum absolute atomic E-state index is 11.4. The van der Waals surface area contributed by atoms with Crippen LogP contribution in [0, 0.1) is 0 Å². The second-order valence-corrected chi connectivity index (χ2v) is 5.87. The highest BCUT2D eigenvalue weighted by Crippen LogP contribution is 2.34. The van der Waals surface area contributed by atoms with Gasteiger partial charge in [0.15, 0.2) is 5.13 Å². The summed E-state index contributed by atoms with van der Waals surface area (Å²) >= 11 is 1.28. The molecule has 0 saturated carbocycles. The molecule has 1 fully saturated rings. The molecule has 1 saturated heterocycles. The minimum Gasteiger partial charge on any atom is -0.477 e. The molecule has 0 radical (unpaired) electrons. The second kappa shape index (κ2) is 5.63. The van der Waals surface area contributed by atoms with Crippen LogP contribution in [0.15, 0.2) is 30.3 Å². The van der Waals surface area contributed by atoms with E-state index in [-0.39, 0.29) is 0 Å². The summed E-state index contributed by atoms with van der Waals surface area (Å²) in [6, 6.07) is 9.53. The molecule has 5 heteroatoms. The molecular formula is C15H16N2O2S. The fourth-order valence-electron chi connectivity index (χ4n) is 2.47.